The van der Waals surface area contributed by atoms with Crippen LogP contribution in [0.3, 0.4) is 0 Å². The van der Waals surface area contributed by atoms with Gasteiger partial charge in [0.1, 0.15) is 5.02 Å². The average molecular weight is 220 g/mol. The molecule has 0 aliphatic rings. The third-order valence-corrected chi connectivity index (χ3v) is 2.48. The molecule has 1 rings (SSSR count). The van der Waals surface area contributed by atoms with Crippen molar-refractivity contribution in [3.05, 3.63) is 38.4 Å². The van der Waals surface area contributed by atoms with Crippen molar-refractivity contribution in [1.82, 2.24) is 0 Å². The zero-order chi connectivity index (χ0) is 10.0. The van der Waals surface area contributed by atoms with Crippen LogP contribution in [0.15, 0.2) is 12.1 Å². The molecule has 0 fully saturated rings. The molecule has 0 heterocycles. The van der Waals surface area contributed by atoms with Crippen molar-refractivity contribution in [2.75, 3.05) is 0 Å². The smallest absolute Gasteiger partial charge is 0.258 e. The first-order valence-electron chi connectivity index (χ1n) is 3.56. The van der Waals surface area contributed by atoms with Crippen molar-refractivity contribution < 1.29 is 4.92 Å². The normalized spacial score (nSPS) is 10.1. The maximum atomic E-state index is 10.5. The van der Waals surface area contributed by atoms with Crippen LogP contribution in [0.5, 0.6) is 0 Å². The highest BCUT2D eigenvalue weighted by Gasteiger charge is 2.16. The Morgan fingerprint density at radius 3 is 2.62 bits per heavy atom. The molecular formula is C8H7Cl2NO2. The van der Waals surface area contributed by atoms with E-state index in [0.717, 1.165) is 5.56 Å². The highest BCUT2D eigenvalue weighted by Crippen LogP contribution is 2.31. The fraction of sp³-hybridized carbons (Fsp3) is 0.250. The lowest BCUT2D eigenvalue weighted by Crippen LogP contribution is -1.94. The Morgan fingerprint density at radius 1 is 1.54 bits per heavy atom. The number of alkyl halides is 1. The summed E-state index contributed by atoms with van der Waals surface area (Å²) >= 11 is 11.4. The summed E-state index contributed by atoms with van der Waals surface area (Å²) in [7, 11) is 0. The summed E-state index contributed by atoms with van der Waals surface area (Å²) in [5.74, 6) is 0.187. The summed E-state index contributed by atoms with van der Waals surface area (Å²) in [5, 5.41) is 10.6. The monoisotopic (exact) mass is 219 g/mol. The van der Waals surface area contributed by atoms with Gasteiger partial charge in [0.25, 0.3) is 5.69 Å². The van der Waals surface area contributed by atoms with Crippen molar-refractivity contribution in [2.24, 2.45) is 0 Å². The molecule has 3 nitrogen and oxygen atoms in total. The molecule has 0 radical (unpaired) electrons. The molecule has 70 valence electrons. The van der Waals surface area contributed by atoms with Crippen LogP contribution >= 0.6 is 23.2 Å². The van der Waals surface area contributed by atoms with Crippen LogP contribution in [0, 0.1) is 17.0 Å². The minimum absolute atomic E-state index is 0.0945. The summed E-state index contributed by atoms with van der Waals surface area (Å²) in [5.41, 5.74) is 1.39. The highest BCUT2D eigenvalue weighted by molar-refractivity contribution is 6.34. The molecule has 0 atom stereocenters. The van der Waals surface area contributed by atoms with Gasteiger partial charge in [-0.15, -0.1) is 11.6 Å². The molecule has 1 aromatic carbocycles. The van der Waals surface area contributed by atoms with Gasteiger partial charge in [0.15, 0.2) is 0 Å². The van der Waals surface area contributed by atoms with E-state index in [1.54, 1.807) is 6.07 Å². The third-order valence-electron chi connectivity index (χ3n) is 1.79. The highest BCUT2D eigenvalue weighted by atomic mass is 35.5. The fourth-order valence-corrected chi connectivity index (χ4v) is 1.77. The zero-order valence-electron chi connectivity index (χ0n) is 6.88. The lowest BCUT2D eigenvalue weighted by atomic mass is 10.1. The number of nitro benzene ring substituents is 1. The Balaban J connectivity index is 3.35. The average Bonchev–Trinajstić information content (AvgIpc) is 2.04. The van der Waals surface area contributed by atoms with Gasteiger partial charge in [-0.3, -0.25) is 10.1 Å². The quantitative estimate of drug-likeness (QED) is 0.436. The van der Waals surface area contributed by atoms with Gasteiger partial charge >= 0.3 is 0 Å². The van der Waals surface area contributed by atoms with E-state index in [4.69, 9.17) is 23.2 Å². The molecule has 0 N–H and O–H groups in total. The summed E-state index contributed by atoms with van der Waals surface area (Å²) < 4.78 is 0. The molecule has 0 aromatic heterocycles. The minimum Gasteiger partial charge on any atom is -0.258 e. The van der Waals surface area contributed by atoms with E-state index in [0.29, 0.717) is 5.56 Å². The molecule has 0 saturated heterocycles. The number of halogens is 2. The first-order chi connectivity index (χ1) is 6.07. The molecule has 0 aliphatic carbocycles. The zero-order valence-corrected chi connectivity index (χ0v) is 8.39. The van der Waals surface area contributed by atoms with Crippen LogP contribution in [-0.2, 0) is 5.88 Å². The number of nitro groups is 1. The molecule has 0 amide bonds. The van der Waals surface area contributed by atoms with E-state index in [-0.39, 0.29) is 16.6 Å². The van der Waals surface area contributed by atoms with Crippen LogP contribution < -0.4 is 0 Å². The van der Waals surface area contributed by atoms with Crippen LogP contribution in [0.1, 0.15) is 11.1 Å². The topological polar surface area (TPSA) is 43.1 Å². The molecule has 0 saturated carbocycles. The molecule has 13 heavy (non-hydrogen) atoms. The van der Waals surface area contributed by atoms with Gasteiger partial charge in [-0.1, -0.05) is 17.7 Å². The number of rotatable bonds is 2. The van der Waals surface area contributed by atoms with Crippen LogP contribution in [0.2, 0.25) is 5.02 Å². The first kappa shape index (κ1) is 10.3. The SMILES string of the molecule is Cc1ccc([N+](=O)[O-])c(Cl)c1CCl. The van der Waals surface area contributed by atoms with E-state index in [2.05, 4.69) is 0 Å². The first-order valence-corrected chi connectivity index (χ1v) is 4.47. The molecule has 1 aromatic rings. The predicted octanol–water partition coefficient (Wildman–Crippen LogP) is 3.30. The molecule has 5 heteroatoms. The Labute approximate surface area is 85.4 Å². The number of benzene rings is 1. The number of hydrogen-bond donors (Lipinski definition) is 0. The Hall–Kier alpha value is -0.800. The van der Waals surface area contributed by atoms with Crippen LogP contribution in [0.4, 0.5) is 5.69 Å². The molecule has 0 spiro atoms. The van der Waals surface area contributed by atoms with Crippen molar-refractivity contribution in [3.63, 3.8) is 0 Å². The molecule has 0 bridgehead atoms. The van der Waals surface area contributed by atoms with Gasteiger partial charge < -0.3 is 0 Å². The summed E-state index contributed by atoms with van der Waals surface area (Å²) in [6.45, 7) is 1.81. The largest absolute Gasteiger partial charge is 0.288 e. The molecule has 0 unspecified atom stereocenters. The predicted molar refractivity (Wildman–Crippen MR) is 52.4 cm³/mol. The fourth-order valence-electron chi connectivity index (χ4n) is 1.01. The lowest BCUT2D eigenvalue weighted by molar-refractivity contribution is -0.384. The van der Waals surface area contributed by atoms with Gasteiger partial charge in [0, 0.05) is 11.9 Å². The minimum atomic E-state index is -0.516. The number of aryl methyl sites for hydroxylation is 1. The van der Waals surface area contributed by atoms with Crippen molar-refractivity contribution in [2.45, 2.75) is 12.8 Å². The third kappa shape index (κ3) is 1.92. The van der Waals surface area contributed by atoms with Gasteiger partial charge in [-0.2, -0.15) is 0 Å². The van der Waals surface area contributed by atoms with Gasteiger partial charge in [0.2, 0.25) is 0 Å². The van der Waals surface area contributed by atoms with Crippen molar-refractivity contribution >= 4 is 28.9 Å². The second-order valence-electron chi connectivity index (χ2n) is 2.58. The van der Waals surface area contributed by atoms with E-state index < -0.39 is 4.92 Å². The van der Waals surface area contributed by atoms with Crippen molar-refractivity contribution in [1.29, 1.82) is 0 Å². The van der Waals surface area contributed by atoms with Crippen molar-refractivity contribution in [3.8, 4) is 0 Å². The Morgan fingerprint density at radius 2 is 2.15 bits per heavy atom. The molecule has 0 aliphatic heterocycles. The van der Waals surface area contributed by atoms with E-state index in [1.807, 2.05) is 6.92 Å². The summed E-state index contributed by atoms with van der Waals surface area (Å²) in [6.07, 6.45) is 0. The van der Waals surface area contributed by atoms with Crippen LogP contribution in [-0.4, -0.2) is 4.92 Å². The maximum absolute atomic E-state index is 10.5. The van der Waals surface area contributed by atoms with Gasteiger partial charge in [0.05, 0.1) is 4.92 Å². The summed E-state index contributed by atoms with van der Waals surface area (Å²) in [6, 6.07) is 3.02. The second-order valence-corrected chi connectivity index (χ2v) is 3.23. The van der Waals surface area contributed by atoms with E-state index in [9.17, 15) is 10.1 Å². The number of hydrogen-bond acceptors (Lipinski definition) is 2. The maximum Gasteiger partial charge on any atom is 0.288 e. The second kappa shape index (κ2) is 3.94. The number of nitrogens with zero attached hydrogens (tertiary/aromatic N) is 1. The van der Waals surface area contributed by atoms with Gasteiger partial charge in [-0.05, 0) is 18.1 Å². The Bertz CT molecular complexity index is 352. The Kier molecular flexibility index (Phi) is 3.12. The summed E-state index contributed by atoms with van der Waals surface area (Å²) in [4.78, 5) is 9.96. The van der Waals surface area contributed by atoms with Gasteiger partial charge in [-0.25, -0.2) is 0 Å². The molecular weight excluding hydrogens is 213 g/mol. The van der Waals surface area contributed by atoms with E-state index in [1.165, 1.54) is 6.07 Å². The van der Waals surface area contributed by atoms with Crippen LogP contribution in [0.25, 0.3) is 0 Å². The van der Waals surface area contributed by atoms with E-state index >= 15 is 0 Å². The standard InChI is InChI=1S/C8H7Cl2NO2/c1-5-2-3-7(11(12)13)8(10)6(5)4-9/h2-3H,4H2,1H3. The lowest BCUT2D eigenvalue weighted by Gasteiger charge is -2.04.